The van der Waals surface area contributed by atoms with Crippen molar-refractivity contribution in [2.75, 3.05) is 25.2 Å². The van der Waals surface area contributed by atoms with Crippen molar-refractivity contribution in [3.8, 4) is 17.0 Å². The second-order valence-corrected chi connectivity index (χ2v) is 12.5. The van der Waals surface area contributed by atoms with Gasteiger partial charge in [0.15, 0.2) is 5.69 Å². The lowest BCUT2D eigenvalue weighted by Gasteiger charge is -2.35. The monoisotopic (exact) mass is 614 g/mol. The molecular weight excluding hydrogens is 582 g/mol. The smallest absolute Gasteiger partial charge is 0.420 e. The van der Waals surface area contributed by atoms with E-state index in [1.807, 2.05) is 0 Å². The van der Waals surface area contributed by atoms with Gasteiger partial charge in [-0.25, -0.2) is 8.42 Å². The van der Waals surface area contributed by atoms with Crippen LogP contribution in [0.4, 0.5) is 32.0 Å². The highest BCUT2D eigenvalue weighted by Gasteiger charge is 2.44. The number of anilines is 1. The molecule has 0 aliphatic heterocycles. The van der Waals surface area contributed by atoms with Gasteiger partial charge in [-0.1, -0.05) is 0 Å². The number of aryl methyl sites for hydroxylation is 1. The van der Waals surface area contributed by atoms with Crippen LogP contribution in [0.15, 0.2) is 18.2 Å². The SMILES string of the molecule is CCn1nc(C(=O)NC[C@]2(O)CC[C@@H](S(C)(=O)=O)CC2)c(C(F)(F)F)c1-c1ccc(N[C@H](C)C(F)(F)F)cc1OC. The maximum Gasteiger partial charge on any atom is 0.420 e. The number of methoxy groups -OCH3 is 1. The third kappa shape index (κ3) is 7.45. The van der Waals surface area contributed by atoms with Gasteiger partial charge in [0.25, 0.3) is 5.91 Å². The van der Waals surface area contributed by atoms with Crippen LogP contribution in [0.25, 0.3) is 11.3 Å². The first-order valence-electron chi connectivity index (χ1n) is 12.7. The average Bonchev–Trinajstić information content (AvgIpc) is 3.26. The molecule has 9 nitrogen and oxygen atoms in total. The Morgan fingerprint density at radius 3 is 2.32 bits per heavy atom. The Morgan fingerprint density at radius 2 is 1.83 bits per heavy atom. The van der Waals surface area contributed by atoms with Gasteiger partial charge in [-0.15, -0.1) is 0 Å². The minimum Gasteiger partial charge on any atom is -0.496 e. The number of amides is 1. The summed E-state index contributed by atoms with van der Waals surface area (Å²) in [4.78, 5) is 13.0. The molecule has 230 valence electrons. The summed E-state index contributed by atoms with van der Waals surface area (Å²) in [5, 5.41) is 18.6. The van der Waals surface area contributed by atoms with Crippen molar-refractivity contribution in [3.05, 3.63) is 29.5 Å². The van der Waals surface area contributed by atoms with Gasteiger partial charge in [0.1, 0.15) is 27.2 Å². The number of benzene rings is 1. The predicted octanol–water partition coefficient (Wildman–Crippen LogP) is 4.41. The van der Waals surface area contributed by atoms with Gasteiger partial charge in [-0.3, -0.25) is 9.48 Å². The molecule has 0 unspecified atom stereocenters. The van der Waals surface area contributed by atoms with E-state index in [4.69, 9.17) is 4.74 Å². The van der Waals surface area contributed by atoms with E-state index in [2.05, 4.69) is 15.7 Å². The van der Waals surface area contributed by atoms with Crippen molar-refractivity contribution in [3.63, 3.8) is 0 Å². The molecule has 1 aliphatic rings. The molecule has 1 aromatic carbocycles. The van der Waals surface area contributed by atoms with Crippen LogP contribution in [-0.2, 0) is 22.6 Å². The molecule has 1 fully saturated rings. The molecule has 1 saturated carbocycles. The van der Waals surface area contributed by atoms with Crippen molar-refractivity contribution in [2.45, 2.75) is 75.3 Å². The minimum atomic E-state index is -5.08. The van der Waals surface area contributed by atoms with Gasteiger partial charge in [-0.05, 0) is 51.7 Å². The molecule has 0 radical (unpaired) electrons. The number of carbonyl (C=O) groups is 1. The third-order valence-corrected chi connectivity index (χ3v) is 8.81. The van der Waals surface area contributed by atoms with Crippen LogP contribution in [0.1, 0.15) is 55.6 Å². The van der Waals surface area contributed by atoms with E-state index < -0.39 is 68.5 Å². The largest absolute Gasteiger partial charge is 0.496 e. The first-order valence-corrected chi connectivity index (χ1v) is 14.6. The zero-order valence-electron chi connectivity index (χ0n) is 22.8. The summed E-state index contributed by atoms with van der Waals surface area (Å²) in [5.41, 5.74) is -4.58. The third-order valence-electron chi connectivity index (χ3n) is 7.13. The van der Waals surface area contributed by atoms with Crippen LogP contribution in [0.5, 0.6) is 5.75 Å². The Bertz CT molecular complexity index is 1370. The normalized spacial score (nSPS) is 20.9. The second kappa shape index (κ2) is 11.7. The number of halogens is 6. The van der Waals surface area contributed by atoms with E-state index in [1.54, 1.807) is 0 Å². The molecule has 3 N–H and O–H groups in total. The summed E-state index contributed by atoms with van der Waals surface area (Å²) >= 11 is 0. The fourth-order valence-electron chi connectivity index (χ4n) is 4.76. The number of aromatic nitrogens is 2. The topological polar surface area (TPSA) is 123 Å². The van der Waals surface area contributed by atoms with Crippen LogP contribution >= 0.6 is 0 Å². The van der Waals surface area contributed by atoms with E-state index >= 15 is 0 Å². The zero-order valence-corrected chi connectivity index (χ0v) is 23.6. The zero-order chi connectivity index (χ0) is 31.0. The standard InChI is InChI=1S/C25H32F6N4O5S/c1-5-35-21(17-7-6-15(12-18(17)40-3)33-14(2)24(26,27)28)19(25(29,30)31)20(34-35)22(36)32-13-23(37)10-8-16(9-11-23)41(4,38)39/h6-7,12,14,16,33,37H,5,8-11,13H2,1-4H3,(H,32,36)/t14-,16-,23+/m1/s1. The Morgan fingerprint density at radius 1 is 1.22 bits per heavy atom. The summed E-state index contributed by atoms with van der Waals surface area (Å²) in [7, 11) is -2.18. The van der Waals surface area contributed by atoms with Gasteiger partial charge in [0.2, 0.25) is 0 Å². The fraction of sp³-hybridized carbons (Fsp3) is 0.600. The molecule has 2 aromatic rings. The lowest BCUT2D eigenvalue weighted by molar-refractivity contribution is -0.138. The lowest BCUT2D eigenvalue weighted by Crippen LogP contribution is -2.47. The molecule has 3 rings (SSSR count). The molecule has 16 heteroatoms. The lowest BCUT2D eigenvalue weighted by atomic mass is 9.84. The van der Waals surface area contributed by atoms with Crippen LogP contribution in [-0.4, -0.2) is 72.2 Å². The van der Waals surface area contributed by atoms with Gasteiger partial charge >= 0.3 is 12.4 Å². The van der Waals surface area contributed by atoms with Crippen LogP contribution < -0.4 is 15.4 Å². The Kier molecular flexibility index (Phi) is 9.28. The maximum atomic E-state index is 14.4. The van der Waals surface area contributed by atoms with Crippen molar-refractivity contribution in [1.29, 1.82) is 0 Å². The number of ether oxygens (including phenoxy) is 1. The predicted molar refractivity (Wildman–Crippen MR) is 138 cm³/mol. The van der Waals surface area contributed by atoms with Gasteiger partial charge in [0, 0.05) is 36.7 Å². The molecule has 1 aromatic heterocycles. The number of aliphatic hydroxyl groups is 1. The number of alkyl halides is 6. The van der Waals surface area contributed by atoms with Gasteiger partial charge in [0.05, 0.1) is 23.7 Å². The van der Waals surface area contributed by atoms with Crippen LogP contribution in [0.3, 0.4) is 0 Å². The highest BCUT2D eigenvalue weighted by Crippen LogP contribution is 2.43. The van der Waals surface area contributed by atoms with E-state index in [-0.39, 0.29) is 49.2 Å². The molecule has 1 aliphatic carbocycles. The number of sulfone groups is 1. The first kappa shape index (κ1) is 32.5. The Balaban J connectivity index is 1.95. The highest BCUT2D eigenvalue weighted by molar-refractivity contribution is 7.91. The Hall–Kier alpha value is -3.01. The number of nitrogens with one attached hydrogen (secondary N) is 2. The van der Waals surface area contributed by atoms with Crippen LogP contribution in [0, 0.1) is 0 Å². The molecule has 1 heterocycles. The summed E-state index contributed by atoms with van der Waals surface area (Å²) in [5.74, 6) is -1.39. The van der Waals surface area contributed by atoms with Gasteiger partial charge in [-0.2, -0.15) is 31.4 Å². The number of hydrogen-bond donors (Lipinski definition) is 3. The van der Waals surface area contributed by atoms with E-state index in [0.717, 1.165) is 43.2 Å². The number of rotatable bonds is 9. The maximum absolute atomic E-state index is 14.4. The van der Waals surface area contributed by atoms with Crippen molar-refractivity contribution < 1.29 is 49.4 Å². The average molecular weight is 615 g/mol. The summed E-state index contributed by atoms with van der Waals surface area (Å²) in [6, 6.07) is 1.48. The van der Waals surface area contributed by atoms with Crippen LogP contribution in [0.2, 0.25) is 0 Å². The molecule has 0 spiro atoms. The number of hydrogen-bond acceptors (Lipinski definition) is 7. The first-order chi connectivity index (χ1) is 18.8. The van der Waals surface area contributed by atoms with Crippen molar-refractivity contribution in [1.82, 2.24) is 15.1 Å². The fourth-order valence-corrected chi connectivity index (χ4v) is 5.85. The molecule has 41 heavy (non-hydrogen) atoms. The number of nitrogens with zero attached hydrogens (tertiary/aromatic N) is 2. The summed E-state index contributed by atoms with van der Waals surface area (Å²) in [6.07, 6.45) is -8.23. The van der Waals surface area contributed by atoms with Crippen molar-refractivity contribution >= 4 is 21.4 Å². The molecule has 1 atom stereocenters. The molecular formula is C25H32F6N4O5S. The molecule has 0 saturated heterocycles. The Labute approximate surface area is 233 Å². The number of carbonyl (C=O) groups excluding carboxylic acids is 1. The van der Waals surface area contributed by atoms with Gasteiger partial charge < -0.3 is 20.5 Å². The van der Waals surface area contributed by atoms with E-state index in [9.17, 15) is 44.7 Å². The quantitative estimate of drug-likeness (QED) is 0.358. The van der Waals surface area contributed by atoms with E-state index in [1.165, 1.54) is 6.92 Å². The summed E-state index contributed by atoms with van der Waals surface area (Å²) in [6.45, 7) is 1.85. The molecule has 1 amide bonds. The van der Waals surface area contributed by atoms with Crippen molar-refractivity contribution in [2.24, 2.45) is 0 Å². The summed E-state index contributed by atoms with van der Waals surface area (Å²) < 4.78 is 112. The van der Waals surface area contributed by atoms with E-state index in [0.29, 0.717) is 0 Å². The minimum absolute atomic E-state index is 0.0241. The highest BCUT2D eigenvalue weighted by atomic mass is 32.2. The molecule has 0 bridgehead atoms. The second-order valence-electron chi connectivity index (χ2n) is 10.1.